The third-order valence-corrected chi connectivity index (χ3v) is 9.74. The van der Waals surface area contributed by atoms with Crippen molar-refractivity contribution in [1.82, 2.24) is 10.6 Å². The van der Waals surface area contributed by atoms with Gasteiger partial charge in [-0.1, -0.05) is 84.9 Å². The summed E-state index contributed by atoms with van der Waals surface area (Å²) in [6, 6.07) is 26.5. The van der Waals surface area contributed by atoms with Crippen LogP contribution in [0.2, 0.25) is 0 Å². The van der Waals surface area contributed by atoms with Gasteiger partial charge in [0.25, 0.3) is 0 Å². The molecule has 2 heterocycles. The summed E-state index contributed by atoms with van der Waals surface area (Å²) in [6.45, 7) is 0.0733. The smallest absolute Gasteiger partial charge is 0.338 e. The second-order valence-electron chi connectivity index (χ2n) is 13.2. The summed E-state index contributed by atoms with van der Waals surface area (Å²) in [7, 11) is 0. The summed E-state index contributed by atoms with van der Waals surface area (Å²) in [5.74, 6) is -2.07. The van der Waals surface area contributed by atoms with E-state index in [0.29, 0.717) is 29.3 Å². The summed E-state index contributed by atoms with van der Waals surface area (Å²) in [5.41, 5.74) is 3.19. The van der Waals surface area contributed by atoms with Crippen LogP contribution < -0.4 is 10.6 Å². The average Bonchev–Trinajstić information content (AvgIpc) is 3.82. The Balaban J connectivity index is 1.12. The van der Waals surface area contributed by atoms with Gasteiger partial charge in [0.2, 0.25) is 17.6 Å². The summed E-state index contributed by atoms with van der Waals surface area (Å²) in [5, 5.41) is 14.3. The second-order valence-corrected chi connectivity index (χ2v) is 13.2. The van der Waals surface area contributed by atoms with E-state index < -0.39 is 36.0 Å². The first-order valence-electron chi connectivity index (χ1n) is 17.4. The third kappa shape index (κ3) is 7.58. The SMILES string of the molecule is O=C(CCNC(=O)C1=C[C@H]2OC(c3ccccc3)(c3ccccc3)O[C@H]2[C@H](OC(=O)c2cccc(C=CC3CCC4OC4C3)c2)C1)NCCO. The Morgan fingerprint density at radius 3 is 2.36 bits per heavy atom. The first kappa shape index (κ1) is 33.9. The first-order valence-corrected chi connectivity index (χ1v) is 17.4. The van der Waals surface area contributed by atoms with E-state index in [4.69, 9.17) is 24.1 Å². The number of hydrogen-bond donors (Lipinski definition) is 3. The molecule has 3 N–H and O–H groups in total. The molecule has 3 aromatic carbocycles. The molecular weight excluding hydrogens is 636 g/mol. The molecule has 0 bridgehead atoms. The Labute approximate surface area is 291 Å². The lowest BCUT2D eigenvalue weighted by molar-refractivity contribution is -0.157. The van der Waals surface area contributed by atoms with Gasteiger partial charge < -0.3 is 34.7 Å². The van der Waals surface area contributed by atoms with Crippen LogP contribution in [0.1, 0.15) is 59.2 Å². The quantitative estimate of drug-likeness (QED) is 0.189. The second kappa shape index (κ2) is 15.1. The minimum Gasteiger partial charge on any atom is -0.456 e. The number of carbonyl (C=O) groups excluding carboxylic acids is 3. The predicted molar refractivity (Wildman–Crippen MR) is 185 cm³/mol. The van der Waals surface area contributed by atoms with Crippen molar-refractivity contribution in [1.29, 1.82) is 0 Å². The monoisotopic (exact) mass is 678 g/mol. The van der Waals surface area contributed by atoms with E-state index in [2.05, 4.69) is 22.8 Å². The predicted octanol–water partition coefficient (Wildman–Crippen LogP) is 4.42. The van der Waals surface area contributed by atoms with Gasteiger partial charge in [-0.05, 0) is 49.0 Å². The van der Waals surface area contributed by atoms with E-state index in [0.717, 1.165) is 36.0 Å². The minimum absolute atomic E-state index is 0.0502. The number of benzene rings is 3. The average molecular weight is 679 g/mol. The molecule has 2 saturated heterocycles. The molecular formula is C40H42N2O8. The molecule has 4 aliphatic rings. The van der Waals surface area contributed by atoms with Crippen molar-refractivity contribution in [2.45, 2.75) is 68.4 Å². The van der Waals surface area contributed by atoms with Gasteiger partial charge in [0.15, 0.2) is 0 Å². The highest BCUT2D eigenvalue weighted by molar-refractivity contribution is 5.94. The van der Waals surface area contributed by atoms with Crippen molar-refractivity contribution in [3.63, 3.8) is 0 Å². The Kier molecular flexibility index (Phi) is 10.2. The number of nitrogens with one attached hydrogen (secondary N) is 2. The van der Waals surface area contributed by atoms with Gasteiger partial charge in [-0.25, -0.2) is 4.79 Å². The number of carbonyl (C=O) groups is 3. The van der Waals surface area contributed by atoms with Crippen LogP contribution in [0.3, 0.4) is 0 Å². The molecule has 0 aromatic heterocycles. The van der Waals surface area contributed by atoms with E-state index in [1.165, 1.54) is 0 Å². The zero-order chi connectivity index (χ0) is 34.5. The van der Waals surface area contributed by atoms with Crippen LogP contribution in [-0.2, 0) is 34.3 Å². The maximum absolute atomic E-state index is 13.8. The van der Waals surface area contributed by atoms with E-state index in [9.17, 15) is 14.4 Å². The summed E-state index contributed by atoms with van der Waals surface area (Å²) in [6.07, 6.45) is 7.88. The van der Waals surface area contributed by atoms with Crippen molar-refractivity contribution < 1.29 is 38.4 Å². The van der Waals surface area contributed by atoms with Crippen LogP contribution in [0.25, 0.3) is 6.08 Å². The fourth-order valence-electron chi connectivity index (χ4n) is 7.11. The van der Waals surface area contributed by atoms with Crippen LogP contribution in [0, 0.1) is 5.92 Å². The molecule has 2 amide bonds. The van der Waals surface area contributed by atoms with Crippen molar-refractivity contribution >= 4 is 23.9 Å². The van der Waals surface area contributed by atoms with Crippen molar-refractivity contribution in [2.75, 3.05) is 19.7 Å². The topological polar surface area (TPSA) is 136 Å². The van der Waals surface area contributed by atoms with E-state index in [-0.39, 0.29) is 38.4 Å². The minimum atomic E-state index is -1.31. The zero-order valence-corrected chi connectivity index (χ0v) is 27.7. The Morgan fingerprint density at radius 1 is 0.880 bits per heavy atom. The molecule has 3 aromatic rings. The number of fused-ring (bicyclic) bond motifs is 2. The van der Waals surface area contributed by atoms with Gasteiger partial charge in [0.1, 0.15) is 18.3 Å². The number of aliphatic hydroxyl groups excluding tert-OH is 1. The number of aliphatic hydroxyl groups is 1. The van der Waals surface area contributed by atoms with Gasteiger partial charge >= 0.3 is 5.97 Å². The summed E-state index contributed by atoms with van der Waals surface area (Å²) in [4.78, 5) is 39.3. The molecule has 6 atom stereocenters. The number of amides is 2. The van der Waals surface area contributed by atoms with Gasteiger partial charge in [0.05, 0.1) is 24.4 Å². The number of allylic oxidation sites excluding steroid dienone is 1. The Morgan fingerprint density at radius 2 is 1.64 bits per heavy atom. The number of esters is 1. The number of rotatable bonds is 12. The Bertz CT molecular complexity index is 1700. The summed E-state index contributed by atoms with van der Waals surface area (Å²) >= 11 is 0. The molecule has 0 radical (unpaired) electrons. The number of ether oxygens (including phenoxy) is 4. The number of hydrogen-bond acceptors (Lipinski definition) is 8. The highest BCUT2D eigenvalue weighted by Gasteiger charge is 2.55. The van der Waals surface area contributed by atoms with Gasteiger partial charge in [-0.15, -0.1) is 0 Å². The van der Waals surface area contributed by atoms with Gasteiger partial charge in [0, 0.05) is 42.6 Å². The van der Waals surface area contributed by atoms with Gasteiger partial charge in [-0.2, -0.15) is 0 Å². The normalized spacial score (nSPS) is 26.3. The van der Waals surface area contributed by atoms with Crippen LogP contribution in [0.4, 0.5) is 0 Å². The van der Waals surface area contributed by atoms with Crippen molar-refractivity contribution in [3.8, 4) is 0 Å². The lowest BCUT2D eigenvalue weighted by atomic mass is 9.88. The van der Waals surface area contributed by atoms with Crippen molar-refractivity contribution in [3.05, 3.63) is 125 Å². The molecule has 3 unspecified atom stereocenters. The maximum atomic E-state index is 13.8. The van der Waals surface area contributed by atoms with E-state index >= 15 is 0 Å². The Hall–Kier alpha value is -4.61. The molecule has 1 saturated carbocycles. The number of epoxide rings is 1. The standard InChI is InChI=1S/C40H42N2O8/c43-21-20-41-36(44)18-19-42-38(45)29-24-34(48-39(46)28-9-7-8-26(22-28)14-15-27-16-17-32-33(23-27)47-32)37-35(25-29)49-40(50-37,30-10-3-1-4-11-30)31-12-5-2-6-13-31/h1-15,22,25,27,32-35,37,43H,16-21,23-24H2,(H,41,44)(H,42,45)/t27?,32?,33?,34-,35-,37+/m1/s1. The summed E-state index contributed by atoms with van der Waals surface area (Å²) < 4.78 is 25.4. The van der Waals surface area contributed by atoms with Crippen LogP contribution in [0.5, 0.6) is 0 Å². The van der Waals surface area contributed by atoms with Crippen LogP contribution in [0.15, 0.2) is 103 Å². The molecule has 50 heavy (non-hydrogen) atoms. The molecule has 10 heteroatoms. The zero-order valence-electron chi connectivity index (χ0n) is 27.7. The van der Waals surface area contributed by atoms with Crippen LogP contribution in [-0.4, -0.2) is 73.1 Å². The highest BCUT2D eigenvalue weighted by Crippen LogP contribution is 2.47. The molecule has 0 spiro atoms. The fourth-order valence-corrected chi connectivity index (χ4v) is 7.11. The largest absolute Gasteiger partial charge is 0.456 e. The fraction of sp³-hybridized carbons (Fsp3) is 0.375. The molecule has 7 rings (SSSR count). The van der Waals surface area contributed by atoms with Gasteiger partial charge in [-0.3, -0.25) is 9.59 Å². The lowest BCUT2D eigenvalue weighted by Gasteiger charge is -2.31. The third-order valence-electron chi connectivity index (χ3n) is 9.74. The van der Waals surface area contributed by atoms with E-state index in [1.54, 1.807) is 12.1 Å². The van der Waals surface area contributed by atoms with Crippen LogP contribution >= 0.6 is 0 Å². The molecule has 2 aliphatic heterocycles. The maximum Gasteiger partial charge on any atom is 0.338 e. The first-order chi connectivity index (χ1) is 24.4. The van der Waals surface area contributed by atoms with E-state index in [1.807, 2.05) is 78.9 Å². The van der Waals surface area contributed by atoms with Crippen molar-refractivity contribution in [2.24, 2.45) is 5.92 Å². The lowest BCUT2D eigenvalue weighted by Crippen LogP contribution is -2.44. The molecule has 3 fully saturated rings. The highest BCUT2D eigenvalue weighted by atomic mass is 16.8. The molecule has 2 aliphatic carbocycles. The molecule has 10 nitrogen and oxygen atoms in total. The molecule has 260 valence electrons.